The number of rotatable bonds is 4. The van der Waals surface area contributed by atoms with Gasteiger partial charge in [0.05, 0.1) is 30.0 Å². The number of nitrogens with one attached hydrogen (secondary N) is 2. The van der Waals surface area contributed by atoms with Crippen molar-refractivity contribution in [1.82, 2.24) is 14.5 Å². The molecule has 7 nitrogen and oxygen atoms in total. The first-order valence-corrected chi connectivity index (χ1v) is 11.4. The monoisotopic (exact) mass is 429 g/mol. The highest BCUT2D eigenvalue weighted by atomic mass is 15.3. The van der Waals surface area contributed by atoms with Crippen molar-refractivity contribution in [2.75, 3.05) is 37.0 Å². The van der Waals surface area contributed by atoms with E-state index in [1.165, 1.54) is 11.9 Å². The van der Waals surface area contributed by atoms with Gasteiger partial charge in [0.25, 0.3) is 0 Å². The van der Waals surface area contributed by atoms with Gasteiger partial charge < -0.3 is 14.4 Å². The van der Waals surface area contributed by atoms with E-state index in [4.69, 9.17) is 15.8 Å². The summed E-state index contributed by atoms with van der Waals surface area (Å²) in [7, 11) is 4.31. The Kier molecular flexibility index (Phi) is 5.43. The molecule has 7 heteroatoms. The van der Waals surface area contributed by atoms with Crippen LogP contribution in [0, 0.1) is 10.8 Å². The molecule has 2 aromatic rings. The van der Waals surface area contributed by atoms with Crippen LogP contribution in [0.3, 0.4) is 0 Å². The summed E-state index contributed by atoms with van der Waals surface area (Å²) in [6, 6.07) is 6.76. The first-order valence-electron chi connectivity index (χ1n) is 11.4. The third-order valence-electron chi connectivity index (χ3n) is 6.87. The highest BCUT2D eigenvalue weighted by molar-refractivity contribution is 6.17. The Morgan fingerprint density at radius 2 is 1.97 bits per heavy atom. The van der Waals surface area contributed by atoms with Crippen LogP contribution in [0.15, 0.2) is 42.6 Å². The standard InChI is InChI=1S/C25H31N7/c1-29(2)20-10-12-30(13-11-20)24-9-8-22-21(28-24)16-31-15-19(18-6-4-3-5-7-18)14-23(31)25(27)32(22)17-26/h4,6-9,14-15,17,20,26-27H,3,5,10-13,16H2,1-2H3. The lowest BCUT2D eigenvalue weighted by atomic mass is 10.0. The van der Waals surface area contributed by atoms with Gasteiger partial charge in [-0.3, -0.25) is 15.7 Å². The average Bonchev–Trinajstić information content (AvgIpc) is 3.20. The van der Waals surface area contributed by atoms with Crippen molar-refractivity contribution < 1.29 is 0 Å². The highest BCUT2D eigenvalue weighted by Gasteiger charge is 2.27. The number of piperidine rings is 1. The normalized spacial score (nSPS) is 19.0. The molecule has 0 amide bonds. The topological polar surface area (TPSA) is 75.2 Å². The van der Waals surface area contributed by atoms with Crippen LogP contribution < -0.4 is 9.80 Å². The Hall–Kier alpha value is -3.19. The lowest BCUT2D eigenvalue weighted by Crippen LogP contribution is -2.42. The van der Waals surface area contributed by atoms with Crippen molar-refractivity contribution in [3.63, 3.8) is 0 Å². The predicted molar refractivity (Wildman–Crippen MR) is 131 cm³/mol. The van der Waals surface area contributed by atoms with E-state index in [0.29, 0.717) is 18.4 Å². The molecule has 0 bridgehead atoms. The number of aromatic nitrogens is 2. The summed E-state index contributed by atoms with van der Waals surface area (Å²) in [6.07, 6.45) is 14.4. The number of hydrogen-bond donors (Lipinski definition) is 2. The van der Waals surface area contributed by atoms with Crippen molar-refractivity contribution >= 4 is 29.3 Å². The smallest absolute Gasteiger partial charge is 0.155 e. The Labute approximate surface area is 189 Å². The van der Waals surface area contributed by atoms with Crippen molar-refractivity contribution in [2.24, 2.45) is 0 Å². The van der Waals surface area contributed by atoms with Crippen molar-refractivity contribution in [3.8, 4) is 0 Å². The minimum absolute atomic E-state index is 0.312. The molecule has 4 heterocycles. The van der Waals surface area contributed by atoms with E-state index in [-0.39, 0.29) is 0 Å². The molecule has 2 aliphatic heterocycles. The number of anilines is 2. The van der Waals surface area contributed by atoms with Crippen molar-refractivity contribution in [2.45, 2.75) is 38.3 Å². The molecule has 1 aliphatic carbocycles. The quantitative estimate of drug-likeness (QED) is 0.570. The van der Waals surface area contributed by atoms with Gasteiger partial charge in [0, 0.05) is 25.3 Å². The summed E-state index contributed by atoms with van der Waals surface area (Å²) in [5.41, 5.74) is 4.86. The van der Waals surface area contributed by atoms with Gasteiger partial charge in [-0.15, -0.1) is 0 Å². The number of pyridine rings is 1. The Morgan fingerprint density at radius 3 is 2.66 bits per heavy atom. The largest absolute Gasteiger partial charge is 0.356 e. The highest BCUT2D eigenvalue weighted by Crippen LogP contribution is 2.32. The Bertz CT molecular complexity index is 1100. The number of hydrogen-bond acceptors (Lipinski definition) is 5. The van der Waals surface area contributed by atoms with Gasteiger partial charge in [0.1, 0.15) is 5.82 Å². The molecule has 1 fully saturated rings. The summed E-state index contributed by atoms with van der Waals surface area (Å²) in [6.45, 7) is 2.59. The third kappa shape index (κ3) is 3.66. The van der Waals surface area contributed by atoms with Gasteiger partial charge in [-0.05, 0) is 69.1 Å². The average molecular weight is 430 g/mol. The lowest BCUT2D eigenvalue weighted by Gasteiger charge is -2.36. The summed E-state index contributed by atoms with van der Waals surface area (Å²) < 4.78 is 2.11. The zero-order valence-electron chi connectivity index (χ0n) is 18.9. The van der Waals surface area contributed by atoms with E-state index in [2.05, 4.69) is 59.0 Å². The van der Waals surface area contributed by atoms with Crippen LogP contribution in [0.2, 0.25) is 0 Å². The van der Waals surface area contributed by atoms with Crippen LogP contribution >= 0.6 is 0 Å². The number of allylic oxidation sites excluding steroid dienone is 4. The van der Waals surface area contributed by atoms with Gasteiger partial charge >= 0.3 is 0 Å². The zero-order chi connectivity index (χ0) is 22.2. The van der Waals surface area contributed by atoms with Gasteiger partial charge in [-0.1, -0.05) is 18.2 Å². The Balaban J connectivity index is 1.48. The van der Waals surface area contributed by atoms with E-state index in [0.717, 1.165) is 67.2 Å². The molecule has 2 aromatic heterocycles. The molecule has 32 heavy (non-hydrogen) atoms. The van der Waals surface area contributed by atoms with E-state index in [9.17, 15) is 0 Å². The molecule has 0 saturated carbocycles. The zero-order valence-corrected chi connectivity index (χ0v) is 18.9. The van der Waals surface area contributed by atoms with Crippen LogP contribution in [0.1, 0.15) is 42.6 Å². The van der Waals surface area contributed by atoms with E-state index < -0.39 is 0 Å². The SMILES string of the molecule is CN(C)C1CCN(c2ccc3c(n2)Cn2cc(C4=CCCC=C4)cc2C(=N)N3C=N)CC1. The summed E-state index contributed by atoms with van der Waals surface area (Å²) in [5.74, 6) is 1.30. The Morgan fingerprint density at radius 1 is 1.16 bits per heavy atom. The van der Waals surface area contributed by atoms with Crippen LogP contribution in [0.4, 0.5) is 11.5 Å². The predicted octanol–water partition coefficient (Wildman–Crippen LogP) is 3.95. The minimum Gasteiger partial charge on any atom is -0.356 e. The summed E-state index contributed by atoms with van der Waals surface area (Å²) >= 11 is 0. The first-order chi connectivity index (χ1) is 15.5. The molecule has 0 unspecified atom stereocenters. The maximum atomic E-state index is 8.81. The number of amidine groups is 1. The van der Waals surface area contributed by atoms with Gasteiger partial charge in [-0.25, -0.2) is 4.98 Å². The minimum atomic E-state index is 0.312. The van der Waals surface area contributed by atoms with E-state index >= 15 is 0 Å². The molecule has 0 aromatic carbocycles. The van der Waals surface area contributed by atoms with Crippen molar-refractivity contribution in [3.05, 3.63) is 59.6 Å². The van der Waals surface area contributed by atoms with Gasteiger partial charge in [0.15, 0.2) is 5.84 Å². The van der Waals surface area contributed by atoms with Gasteiger partial charge in [0.2, 0.25) is 0 Å². The number of fused-ring (bicyclic) bond motifs is 2. The van der Waals surface area contributed by atoms with Crippen LogP contribution in [-0.4, -0.2) is 59.9 Å². The molecular weight excluding hydrogens is 398 g/mol. The second-order valence-corrected chi connectivity index (χ2v) is 9.05. The number of nitrogens with zero attached hydrogens (tertiary/aromatic N) is 5. The molecule has 2 N–H and O–H groups in total. The summed E-state index contributed by atoms with van der Waals surface area (Å²) in [4.78, 5) is 11.4. The molecule has 5 rings (SSSR count). The van der Waals surface area contributed by atoms with Crippen LogP contribution in [0.25, 0.3) is 5.57 Å². The molecule has 0 radical (unpaired) electrons. The fraction of sp³-hybridized carbons (Fsp3) is 0.400. The molecule has 1 saturated heterocycles. The molecule has 0 spiro atoms. The van der Waals surface area contributed by atoms with Crippen LogP contribution in [0.5, 0.6) is 0 Å². The molecule has 166 valence electrons. The first kappa shape index (κ1) is 20.7. The molecular formula is C25H31N7. The van der Waals surface area contributed by atoms with Crippen LogP contribution in [-0.2, 0) is 6.54 Å². The van der Waals surface area contributed by atoms with E-state index in [1.807, 2.05) is 12.1 Å². The fourth-order valence-electron chi connectivity index (χ4n) is 4.97. The van der Waals surface area contributed by atoms with E-state index in [1.54, 1.807) is 4.90 Å². The van der Waals surface area contributed by atoms with Gasteiger partial charge in [-0.2, -0.15) is 0 Å². The maximum Gasteiger partial charge on any atom is 0.155 e. The third-order valence-corrected chi connectivity index (χ3v) is 6.87. The fourth-order valence-corrected chi connectivity index (χ4v) is 4.97. The second-order valence-electron chi connectivity index (χ2n) is 9.05. The molecule has 3 aliphatic rings. The molecule has 0 atom stereocenters. The maximum absolute atomic E-state index is 8.81. The second kappa shape index (κ2) is 8.39. The lowest BCUT2D eigenvalue weighted by molar-refractivity contribution is 0.249. The summed E-state index contributed by atoms with van der Waals surface area (Å²) in [5, 5.41) is 16.8. The van der Waals surface area contributed by atoms with Crippen molar-refractivity contribution in [1.29, 1.82) is 10.8 Å².